The predicted molar refractivity (Wildman–Crippen MR) is 93.8 cm³/mol. The summed E-state index contributed by atoms with van der Waals surface area (Å²) in [6.07, 6.45) is 1.22. The first-order valence-electron chi connectivity index (χ1n) is 7.99. The van der Waals surface area contributed by atoms with Crippen LogP contribution in [0.15, 0.2) is 42.5 Å². The van der Waals surface area contributed by atoms with Crippen molar-refractivity contribution in [2.75, 3.05) is 7.11 Å². The van der Waals surface area contributed by atoms with Crippen LogP contribution >= 0.6 is 0 Å². The number of methoxy groups -OCH3 is 1. The number of nitrogens with one attached hydrogen (secondary N) is 1. The van der Waals surface area contributed by atoms with Crippen LogP contribution in [0.4, 0.5) is 0 Å². The number of rotatable bonds is 6. The van der Waals surface area contributed by atoms with Gasteiger partial charge in [-0.1, -0.05) is 36.4 Å². The lowest BCUT2D eigenvalue weighted by molar-refractivity contribution is -0.121. The number of aryl methyl sites for hydroxylation is 3. The molecule has 0 aliphatic carbocycles. The van der Waals surface area contributed by atoms with Crippen LogP contribution in [0.3, 0.4) is 0 Å². The molecule has 23 heavy (non-hydrogen) atoms. The summed E-state index contributed by atoms with van der Waals surface area (Å²) in [7, 11) is 1.67. The highest BCUT2D eigenvalue weighted by molar-refractivity contribution is 5.76. The summed E-state index contributed by atoms with van der Waals surface area (Å²) in [5.41, 5.74) is 4.62. The van der Waals surface area contributed by atoms with Gasteiger partial charge in [0.25, 0.3) is 0 Å². The van der Waals surface area contributed by atoms with Gasteiger partial charge < -0.3 is 10.1 Å². The maximum atomic E-state index is 12.2. The van der Waals surface area contributed by atoms with Crippen molar-refractivity contribution in [1.82, 2.24) is 5.32 Å². The molecule has 1 N–H and O–H groups in total. The quantitative estimate of drug-likeness (QED) is 0.871. The van der Waals surface area contributed by atoms with Crippen molar-refractivity contribution in [3.63, 3.8) is 0 Å². The second kappa shape index (κ2) is 7.82. The molecule has 0 unspecified atom stereocenters. The van der Waals surface area contributed by atoms with Gasteiger partial charge in [0.15, 0.2) is 0 Å². The van der Waals surface area contributed by atoms with Gasteiger partial charge in [0, 0.05) is 6.42 Å². The number of hydrogen-bond donors (Lipinski definition) is 1. The maximum Gasteiger partial charge on any atom is 0.220 e. The molecule has 2 aromatic rings. The zero-order chi connectivity index (χ0) is 16.8. The van der Waals surface area contributed by atoms with Crippen LogP contribution in [0.5, 0.6) is 5.75 Å². The number of carbonyl (C=O) groups excluding carboxylic acids is 1. The van der Waals surface area contributed by atoms with Crippen LogP contribution in [-0.4, -0.2) is 13.0 Å². The van der Waals surface area contributed by atoms with E-state index < -0.39 is 0 Å². The van der Waals surface area contributed by atoms with Gasteiger partial charge in [-0.3, -0.25) is 4.79 Å². The predicted octanol–water partition coefficient (Wildman–Crippen LogP) is 4.12. The van der Waals surface area contributed by atoms with E-state index in [1.807, 2.05) is 38.1 Å². The van der Waals surface area contributed by atoms with Crippen molar-refractivity contribution in [1.29, 1.82) is 0 Å². The lowest BCUT2D eigenvalue weighted by Gasteiger charge is -2.16. The van der Waals surface area contributed by atoms with Crippen molar-refractivity contribution >= 4 is 5.91 Å². The fourth-order valence-corrected chi connectivity index (χ4v) is 2.82. The Kier molecular flexibility index (Phi) is 5.80. The van der Waals surface area contributed by atoms with Crippen molar-refractivity contribution < 1.29 is 9.53 Å². The fraction of sp³-hybridized carbons (Fsp3) is 0.350. The molecule has 0 saturated carbocycles. The highest BCUT2D eigenvalue weighted by atomic mass is 16.5. The Labute approximate surface area is 138 Å². The smallest absolute Gasteiger partial charge is 0.220 e. The van der Waals surface area contributed by atoms with E-state index >= 15 is 0 Å². The molecule has 3 heteroatoms. The van der Waals surface area contributed by atoms with Gasteiger partial charge in [-0.05, 0) is 55.5 Å². The SMILES string of the molecule is COc1ccc(CCC(=O)N[C@@H](C)c2ccccc2C)cc1C. The molecule has 0 spiro atoms. The van der Waals surface area contributed by atoms with Gasteiger partial charge in [0.05, 0.1) is 13.2 Å². The molecule has 0 aliphatic heterocycles. The van der Waals surface area contributed by atoms with Gasteiger partial charge in [-0.25, -0.2) is 0 Å². The Morgan fingerprint density at radius 3 is 2.52 bits per heavy atom. The normalized spacial score (nSPS) is 11.8. The largest absolute Gasteiger partial charge is 0.496 e. The van der Waals surface area contributed by atoms with Crippen molar-refractivity contribution in [2.45, 2.75) is 39.7 Å². The van der Waals surface area contributed by atoms with E-state index in [4.69, 9.17) is 4.74 Å². The third kappa shape index (κ3) is 4.59. The third-order valence-electron chi connectivity index (χ3n) is 4.13. The van der Waals surface area contributed by atoms with Crippen molar-refractivity contribution in [2.24, 2.45) is 0 Å². The molecular formula is C20H25NO2. The molecule has 0 fully saturated rings. The van der Waals surface area contributed by atoms with E-state index in [2.05, 4.69) is 30.4 Å². The average Bonchev–Trinajstić information content (AvgIpc) is 2.53. The number of carbonyl (C=O) groups is 1. The minimum atomic E-state index is 0.0290. The van der Waals surface area contributed by atoms with Gasteiger partial charge in [0.2, 0.25) is 5.91 Å². The summed E-state index contributed by atoms with van der Waals surface area (Å²) in [5.74, 6) is 0.959. The zero-order valence-corrected chi connectivity index (χ0v) is 14.3. The van der Waals surface area contributed by atoms with E-state index in [9.17, 15) is 4.79 Å². The summed E-state index contributed by atoms with van der Waals surface area (Å²) < 4.78 is 5.26. The maximum absolute atomic E-state index is 12.2. The van der Waals surface area contributed by atoms with Gasteiger partial charge in [-0.15, -0.1) is 0 Å². The summed E-state index contributed by atoms with van der Waals surface area (Å²) in [6.45, 7) is 6.11. The van der Waals surface area contributed by atoms with Crippen LogP contribution in [0.2, 0.25) is 0 Å². The van der Waals surface area contributed by atoms with E-state index in [0.717, 1.165) is 23.3 Å². The van der Waals surface area contributed by atoms with Crippen LogP contribution in [0.25, 0.3) is 0 Å². The lowest BCUT2D eigenvalue weighted by Crippen LogP contribution is -2.27. The first kappa shape index (κ1) is 17.1. The number of ether oxygens (including phenoxy) is 1. The third-order valence-corrected chi connectivity index (χ3v) is 4.13. The first-order valence-corrected chi connectivity index (χ1v) is 7.99. The fourth-order valence-electron chi connectivity index (χ4n) is 2.82. The Bertz CT molecular complexity index is 679. The van der Waals surface area contributed by atoms with E-state index in [0.29, 0.717) is 6.42 Å². The molecule has 2 aromatic carbocycles. The molecule has 0 aromatic heterocycles. The molecule has 0 aliphatic rings. The van der Waals surface area contributed by atoms with Crippen molar-refractivity contribution in [3.8, 4) is 5.75 Å². The summed E-state index contributed by atoms with van der Waals surface area (Å²) in [4.78, 5) is 12.2. The highest BCUT2D eigenvalue weighted by Crippen LogP contribution is 2.20. The minimum Gasteiger partial charge on any atom is -0.496 e. The zero-order valence-electron chi connectivity index (χ0n) is 14.3. The van der Waals surface area contributed by atoms with E-state index in [1.54, 1.807) is 7.11 Å². The standard InChI is InChI=1S/C20H25NO2/c1-14-7-5-6-8-18(14)16(3)21-20(22)12-10-17-9-11-19(23-4)15(2)13-17/h5-9,11,13,16H,10,12H2,1-4H3,(H,21,22)/t16-/m0/s1. The number of amides is 1. The molecule has 1 amide bonds. The topological polar surface area (TPSA) is 38.3 Å². The van der Waals surface area contributed by atoms with Crippen LogP contribution in [-0.2, 0) is 11.2 Å². The summed E-state index contributed by atoms with van der Waals surface area (Å²) in [6, 6.07) is 14.2. The van der Waals surface area contributed by atoms with Gasteiger partial charge in [-0.2, -0.15) is 0 Å². The Hall–Kier alpha value is -2.29. The second-order valence-corrected chi connectivity index (χ2v) is 5.95. The van der Waals surface area contributed by atoms with Gasteiger partial charge >= 0.3 is 0 Å². The molecular weight excluding hydrogens is 286 g/mol. The molecule has 0 saturated heterocycles. The summed E-state index contributed by atoms with van der Waals surface area (Å²) >= 11 is 0. The van der Waals surface area contributed by atoms with Gasteiger partial charge in [0.1, 0.15) is 5.75 Å². The molecule has 122 valence electrons. The number of hydrogen-bond acceptors (Lipinski definition) is 2. The molecule has 0 radical (unpaired) electrons. The van der Waals surface area contributed by atoms with Crippen molar-refractivity contribution in [3.05, 3.63) is 64.7 Å². The minimum absolute atomic E-state index is 0.0290. The molecule has 1 atom stereocenters. The Morgan fingerprint density at radius 2 is 1.87 bits per heavy atom. The van der Waals surface area contributed by atoms with Crippen LogP contribution < -0.4 is 10.1 Å². The molecule has 3 nitrogen and oxygen atoms in total. The average molecular weight is 311 g/mol. The Morgan fingerprint density at radius 1 is 1.13 bits per heavy atom. The second-order valence-electron chi connectivity index (χ2n) is 5.95. The lowest BCUT2D eigenvalue weighted by atomic mass is 10.0. The number of benzene rings is 2. The van der Waals surface area contributed by atoms with Crippen LogP contribution in [0, 0.1) is 13.8 Å². The Balaban J connectivity index is 1.90. The summed E-state index contributed by atoms with van der Waals surface area (Å²) in [5, 5.41) is 3.08. The van der Waals surface area contributed by atoms with E-state index in [-0.39, 0.29) is 11.9 Å². The first-order chi connectivity index (χ1) is 11.0. The highest BCUT2D eigenvalue weighted by Gasteiger charge is 2.11. The van der Waals surface area contributed by atoms with Crippen LogP contribution in [0.1, 0.15) is 41.6 Å². The molecule has 0 heterocycles. The molecule has 0 bridgehead atoms. The monoisotopic (exact) mass is 311 g/mol. The van der Waals surface area contributed by atoms with E-state index in [1.165, 1.54) is 11.1 Å². The molecule has 2 rings (SSSR count).